The van der Waals surface area contributed by atoms with Crippen LogP contribution in [0.1, 0.15) is 52.4 Å². The lowest BCUT2D eigenvalue weighted by Gasteiger charge is -2.38. The molecule has 0 unspecified atom stereocenters. The molecule has 0 aromatic rings. The third-order valence-corrected chi connectivity index (χ3v) is 3.78. The van der Waals surface area contributed by atoms with Gasteiger partial charge in [0.05, 0.1) is 13.2 Å². The molecule has 0 atom stereocenters. The molecule has 1 aliphatic carbocycles. The molecule has 0 bridgehead atoms. The number of hydrogen-bond acceptors (Lipinski definition) is 4. The Morgan fingerprint density at radius 1 is 1.39 bits per heavy atom. The second-order valence-electron chi connectivity index (χ2n) is 5.13. The lowest BCUT2D eigenvalue weighted by atomic mass is 9.92. The van der Waals surface area contributed by atoms with Crippen molar-refractivity contribution in [2.24, 2.45) is 0 Å². The monoisotopic (exact) mass is 253 g/mol. The third kappa shape index (κ3) is 2.75. The summed E-state index contributed by atoms with van der Waals surface area (Å²) in [7, 11) is 0. The van der Waals surface area contributed by atoms with Gasteiger partial charge < -0.3 is 9.57 Å². The summed E-state index contributed by atoms with van der Waals surface area (Å²) in [6, 6.07) is 0. The van der Waals surface area contributed by atoms with E-state index in [0.29, 0.717) is 18.7 Å². The van der Waals surface area contributed by atoms with Crippen LogP contribution in [0.2, 0.25) is 0 Å². The maximum atomic E-state index is 11.9. The number of hydrogen-bond donors (Lipinski definition) is 0. The number of nitrogens with zero attached hydrogens (tertiary/aromatic N) is 1. The molecule has 0 amide bonds. The average molecular weight is 253 g/mol. The van der Waals surface area contributed by atoms with Gasteiger partial charge >= 0.3 is 5.97 Å². The predicted molar refractivity (Wildman–Crippen MR) is 68.6 cm³/mol. The summed E-state index contributed by atoms with van der Waals surface area (Å²) < 4.78 is 5.86. The molecule has 0 N–H and O–H groups in total. The van der Waals surface area contributed by atoms with Crippen LogP contribution >= 0.6 is 0 Å². The van der Waals surface area contributed by atoms with Gasteiger partial charge in [-0.25, -0.2) is 4.79 Å². The summed E-state index contributed by atoms with van der Waals surface area (Å²) in [5, 5.41) is 1.78. The number of hydroxylamine groups is 2. The Kier molecular flexibility index (Phi) is 4.40. The molecule has 0 aromatic carbocycles. The summed E-state index contributed by atoms with van der Waals surface area (Å²) in [5.41, 5.74) is 0.343. The fourth-order valence-corrected chi connectivity index (χ4v) is 2.78. The van der Waals surface area contributed by atoms with Gasteiger partial charge in [0.15, 0.2) is 5.72 Å². The molecule has 1 heterocycles. The number of allylic oxidation sites excluding steroid dienone is 1. The zero-order valence-electron chi connectivity index (χ0n) is 11.4. The summed E-state index contributed by atoms with van der Waals surface area (Å²) in [5.74, 6) is -0.243. The quantitative estimate of drug-likeness (QED) is 0.725. The van der Waals surface area contributed by atoms with Crippen molar-refractivity contribution in [2.45, 2.75) is 58.1 Å². The fourth-order valence-electron chi connectivity index (χ4n) is 2.78. The van der Waals surface area contributed by atoms with Crippen LogP contribution in [0.3, 0.4) is 0 Å². The van der Waals surface area contributed by atoms with Crippen LogP contribution in [0.15, 0.2) is 11.6 Å². The average Bonchev–Trinajstić information content (AvgIpc) is 2.73. The van der Waals surface area contributed by atoms with Gasteiger partial charge in [-0.1, -0.05) is 19.4 Å². The molecule has 4 nitrogen and oxygen atoms in total. The summed E-state index contributed by atoms with van der Waals surface area (Å²) in [4.78, 5) is 17.4. The van der Waals surface area contributed by atoms with Gasteiger partial charge in [0.25, 0.3) is 0 Å². The van der Waals surface area contributed by atoms with Crippen LogP contribution in [0, 0.1) is 0 Å². The zero-order chi connectivity index (χ0) is 13.0. The lowest BCUT2D eigenvalue weighted by molar-refractivity contribution is -0.254. The molecule has 102 valence electrons. The Morgan fingerprint density at radius 2 is 2.11 bits per heavy atom. The van der Waals surface area contributed by atoms with Gasteiger partial charge in [0, 0.05) is 5.57 Å². The summed E-state index contributed by atoms with van der Waals surface area (Å²) in [6.45, 7) is 5.16. The van der Waals surface area contributed by atoms with Crippen molar-refractivity contribution in [3.8, 4) is 0 Å². The zero-order valence-corrected chi connectivity index (χ0v) is 11.4. The van der Waals surface area contributed by atoms with Crippen molar-refractivity contribution >= 4 is 5.97 Å². The predicted octanol–water partition coefficient (Wildman–Crippen LogP) is 2.79. The van der Waals surface area contributed by atoms with Gasteiger partial charge in [-0.3, -0.25) is 0 Å². The molecular weight excluding hydrogens is 230 g/mol. The molecule has 2 aliphatic rings. The van der Waals surface area contributed by atoms with E-state index in [1.54, 1.807) is 12.0 Å². The van der Waals surface area contributed by atoms with E-state index in [-0.39, 0.29) is 11.7 Å². The molecule has 0 radical (unpaired) electrons. The van der Waals surface area contributed by atoms with E-state index in [9.17, 15) is 4.79 Å². The maximum absolute atomic E-state index is 11.9. The smallest absolute Gasteiger partial charge is 0.352 e. The van der Waals surface area contributed by atoms with Crippen LogP contribution in [-0.2, 0) is 14.4 Å². The molecule has 18 heavy (non-hydrogen) atoms. The molecule has 1 saturated heterocycles. The molecule has 4 heteroatoms. The maximum Gasteiger partial charge on any atom is 0.352 e. The topological polar surface area (TPSA) is 38.8 Å². The van der Waals surface area contributed by atoms with Gasteiger partial charge in [-0.2, -0.15) is 0 Å². The first kappa shape index (κ1) is 13.6. The van der Waals surface area contributed by atoms with Gasteiger partial charge in [0.1, 0.15) is 0 Å². The van der Waals surface area contributed by atoms with Crippen molar-refractivity contribution in [1.29, 1.82) is 0 Å². The first-order valence-electron chi connectivity index (χ1n) is 6.98. The molecule has 1 aliphatic heterocycles. The van der Waals surface area contributed by atoms with Gasteiger partial charge in [0.2, 0.25) is 0 Å². The second-order valence-corrected chi connectivity index (χ2v) is 5.13. The van der Waals surface area contributed by atoms with E-state index in [2.05, 4.69) is 0 Å². The normalized spacial score (nSPS) is 24.4. The molecule has 2 fully saturated rings. The van der Waals surface area contributed by atoms with Crippen LogP contribution in [0.25, 0.3) is 0 Å². The van der Waals surface area contributed by atoms with E-state index >= 15 is 0 Å². The van der Waals surface area contributed by atoms with E-state index in [0.717, 1.165) is 32.1 Å². The standard InChI is InChI=1S/C14H23NO3/c1-3-7-12(2)13(16)18-15-10-11-17-14(15)8-5-4-6-9-14/h7H,3-6,8-11H2,1-2H3. The summed E-state index contributed by atoms with van der Waals surface area (Å²) >= 11 is 0. The number of carbonyl (C=O) groups is 1. The highest BCUT2D eigenvalue weighted by molar-refractivity contribution is 5.87. The molecule has 1 saturated carbocycles. The highest BCUT2D eigenvalue weighted by atomic mass is 16.8. The molecular formula is C14H23NO3. The minimum atomic E-state index is -0.333. The Bertz CT molecular complexity index is 332. The minimum Gasteiger partial charge on any atom is -0.361 e. The van der Waals surface area contributed by atoms with Crippen LogP contribution < -0.4 is 0 Å². The highest BCUT2D eigenvalue weighted by Crippen LogP contribution is 2.38. The summed E-state index contributed by atoms with van der Waals surface area (Å²) in [6.07, 6.45) is 8.24. The number of carbonyl (C=O) groups excluding carboxylic acids is 1. The van der Waals surface area contributed by atoms with E-state index in [1.165, 1.54) is 6.42 Å². The Hall–Kier alpha value is -0.870. The second kappa shape index (κ2) is 5.85. The van der Waals surface area contributed by atoms with E-state index < -0.39 is 0 Å². The van der Waals surface area contributed by atoms with Crippen molar-refractivity contribution in [1.82, 2.24) is 5.06 Å². The van der Waals surface area contributed by atoms with E-state index in [4.69, 9.17) is 9.57 Å². The first-order chi connectivity index (χ1) is 8.68. The first-order valence-corrected chi connectivity index (χ1v) is 6.98. The lowest BCUT2D eigenvalue weighted by Crippen LogP contribution is -2.47. The van der Waals surface area contributed by atoms with Gasteiger partial charge in [-0.15, -0.1) is 5.06 Å². The largest absolute Gasteiger partial charge is 0.361 e. The molecule has 2 rings (SSSR count). The van der Waals surface area contributed by atoms with Crippen molar-refractivity contribution in [3.05, 3.63) is 11.6 Å². The molecule has 1 spiro atoms. The molecule has 0 aromatic heterocycles. The SMILES string of the molecule is CCC=C(C)C(=O)ON1CCOC12CCCCC2. The third-order valence-electron chi connectivity index (χ3n) is 3.78. The number of rotatable bonds is 3. The Balaban J connectivity index is 1.99. The van der Waals surface area contributed by atoms with Crippen LogP contribution in [0.5, 0.6) is 0 Å². The van der Waals surface area contributed by atoms with Gasteiger partial charge in [-0.05, 0) is 39.0 Å². The van der Waals surface area contributed by atoms with Crippen LogP contribution in [-0.4, -0.2) is 29.9 Å². The van der Waals surface area contributed by atoms with Crippen molar-refractivity contribution < 1.29 is 14.4 Å². The minimum absolute atomic E-state index is 0.243. The van der Waals surface area contributed by atoms with Crippen LogP contribution in [0.4, 0.5) is 0 Å². The Labute approximate surface area is 109 Å². The van der Waals surface area contributed by atoms with Crippen molar-refractivity contribution in [2.75, 3.05) is 13.2 Å². The fraction of sp³-hybridized carbons (Fsp3) is 0.786. The van der Waals surface area contributed by atoms with Crippen molar-refractivity contribution in [3.63, 3.8) is 0 Å². The van der Waals surface area contributed by atoms with E-state index in [1.807, 2.05) is 13.0 Å². The highest BCUT2D eigenvalue weighted by Gasteiger charge is 2.45. The number of ether oxygens (including phenoxy) is 1. The Morgan fingerprint density at radius 3 is 2.78 bits per heavy atom.